The molecule has 0 saturated carbocycles. The number of hydrogen-bond acceptors (Lipinski definition) is 2. The minimum absolute atomic E-state index is 0.0256. The fourth-order valence-corrected chi connectivity index (χ4v) is 8.57. The molecule has 8 aromatic carbocycles. The van der Waals surface area contributed by atoms with Gasteiger partial charge in [0.15, 0.2) is 0 Å². The molecular weight excluding hydrogens is 1150 g/mol. The summed E-state index contributed by atoms with van der Waals surface area (Å²) < 4.78 is 51.0. The van der Waals surface area contributed by atoms with E-state index in [1.165, 1.54) is 63.2 Å². The van der Waals surface area contributed by atoms with Gasteiger partial charge in [-0.25, -0.2) is 17.6 Å². The van der Waals surface area contributed by atoms with Crippen LogP contribution < -0.4 is 0 Å². The highest BCUT2D eigenvalue weighted by molar-refractivity contribution is 6.30. The molecule has 0 aliphatic heterocycles. The summed E-state index contributed by atoms with van der Waals surface area (Å²) in [6.07, 6.45) is 0. The van der Waals surface area contributed by atoms with Gasteiger partial charge in [-0.3, -0.25) is 0 Å². The molecule has 0 fully saturated rings. The molecule has 0 unspecified atom stereocenters. The molecular formula is C84H115ClF4O2. The highest BCUT2D eigenvalue weighted by Crippen LogP contribution is 2.32. The second-order valence-electron chi connectivity index (χ2n) is 31.9. The van der Waals surface area contributed by atoms with Gasteiger partial charge in [-0.05, 0) is 193 Å². The van der Waals surface area contributed by atoms with Gasteiger partial charge in [0, 0.05) is 5.02 Å². The number of aryl methyl sites for hydroxylation is 4. The highest BCUT2D eigenvalue weighted by Gasteiger charge is 2.21. The maximum Gasteiger partial charge on any atom is 0.127 e. The van der Waals surface area contributed by atoms with Gasteiger partial charge in [0.05, 0.1) is 0 Å². The molecule has 2 N–H and O–H groups in total. The van der Waals surface area contributed by atoms with Crippen LogP contribution in [0, 0.1) is 51.0 Å². The Morgan fingerprint density at radius 1 is 0.264 bits per heavy atom. The third-order valence-electron chi connectivity index (χ3n) is 14.7. The number of hydrogen-bond donors (Lipinski definition) is 2. The molecule has 0 aliphatic rings. The monoisotopic (exact) mass is 1270 g/mol. The second kappa shape index (κ2) is 34.9. The van der Waals surface area contributed by atoms with Crippen LogP contribution in [0.2, 0.25) is 5.02 Å². The SMILES string of the molecule is CC(C)(C)c1cc(F)ccc1F.CC(C)(C)c1ccc(Cl)cc1.CC(C)(C)c1ccc(F)cc1.CC(C)(C)c1cccc(F)c1.Cc1ccc(C(C)(C)C)c(O)c1.Cc1ccc(C(C)(C)C)cc1.Cc1ccc(C(C)(C)C)cc1O.Cc1cccc(C(C)(C)C)c1. The van der Waals surface area contributed by atoms with E-state index in [9.17, 15) is 27.8 Å². The van der Waals surface area contributed by atoms with Crippen LogP contribution in [0.15, 0.2) is 176 Å². The van der Waals surface area contributed by atoms with Gasteiger partial charge < -0.3 is 10.2 Å². The lowest BCUT2D eigenvalue weighted by Crippen LogP contribution is -2.13. The molecule has 498 valence electrons. The summed E-state index contributed by atoms with van der Waals surface area (Å²) in [5.74, 6) is -0.259. The molecule has 0 aromatic heterocycles. The third-order valence-corrected chi connectivity index (χ3v) is 14.9. The van der Waals surface area contributed by atoms with Crippen LogP contribution in [-0.4, -0.2) is 10.2 Å². The molecule has 0 heterocycles. The Balaban J connectivity index is 0.000000520. The van der Waals surface area contributed by atoms with Crippen LogP contribution in [0.5, 0.6) is 11.5 Å². The van der Waals surface area contributed by atoms with Crippen molar-refractivity contribution in [2.24, 2.45) is 0 Å². The zero-order chi connectivity index (χ0) is 70.5. The molecule has 0 bridgehead atoms. The van der Waals surface area contributed by atoms with Gasteiger partial charge in [0.2, 0.25) is 0 Å². The fourth-order valence-electron chi connectivity index (χ4n) is 8.44. The summed E-state index contributed by atoms with van der Waals surface area (Å²) in [5.41, 5.74) is 14.4. The van der Waals surface area contributed by atoms with E-state index < -0.39 is 0 Å². The predicted octanol–water partition coefficient (Wildman–Crippen LogP) is 25.7. The smallest absolute Gasteiger partial charge is 0.127 e. The van der Waals surface area contributed by atoms with Gasteiger partial charge in [-0.1, -0.05) is 298 Å². The third kappa shape index (κ3) is 32.5. The first-order valence-electron chi connectivity index (χ1n) is 31.7. The predicted molar refractivity (Wildman–Crippen MR) is 388 cm³/mol. The maximum absolute atomic E-state index is 13.1. The lowest BCUT2D eigenvalue weighted by molar-refractivity contribution is 0.446. The molecule has 8 rings (SSSR count). The minimum atomic E-state index is -0.388. The molecule has 0 saturated heterocycles. The summed E-state index contributed by atoms with van der Waals surface area (Å²) in [6.45, 7) is 58.9. The summed E-state index contributed by atoms with van der Waals surface area (Å²) in [7, 11) is 0. The van der Waals surface area contributed by atoms with Gasteiger partial charge >= 0.3 is 0 Å². The average molecular weight is 1270 g/mol. The lowest BCUT2D eigenvalue weighted by Gasteiger charge is -2.20. The zero-order valence-electron chi connectivity index (χ0n) is 61.0. The van der Waals surface area contributed by atoms with E-state index in [1.54, 1.807) is 18.2 Å². The van der Waals surface area contributed by atoms with Crippen molar-refractivity contribution >= 4 is 11.6 Å². The molecule has 0 aliphatic carbocycles. The van der Waals surface area contributed by atoms with E-state index >= 15 is 0 Å². The topological polar surface area (TPSA) is 40.5 Å². The van der Waals surface area contributed by atoms with Crippen LogP contribution >= 0.6 is 11.6 Å². The van der Waals surface area contributed by atoms with Crippen molar-refractivity contribution in [3.8, 4) is 11.5 Å². The first-order chi connectivity index (χ1) is 41.2. The molecule has 0 atom stereocenters. The highest BCUT2D eigenvalue weighted by atomic mass is 35.5. The molecule has 91 heavy (non-hydrogen) atoms. The van der Waals surface area contributed by atoms with E-state index in [0.29, 0.717) is 17.1 Å². The van der Waals surface area contributed by atoms with Crippen LogP contribution in [0.25, 0.3) is 0 Å². The Labute approximate surface area is 556 Å². The Bertz CT molecular complexity index is 3220. The largest absolute Gasteiger partial charge is 0.508 e. The normalized spacial score (nSPS) is 11.7. The van der Waals surface area contributed by atoms with Gasteiger partial charge in [-0.15, -0.1) is 0 Å². The molecule has 8 aromatic rings. The van der Waals surface area contributed by atoms with Gasteiger partial charge in [0.1, 0.15) is 34.8 Å². The van der Waals surface area contributed by atoms with Crippen LogP contribution in [0.3, 0.4) is 0 Å². The molecule has 2 nitrogen and oxygen atoms in total. The zero-order valence-corrected chi connectivity index (χ0v) is 61.8. The van der Waals surface area contributed by atoms with Crippen molar-refractivity contribution in [1.82, 2.24) is 0 Å². The van der Waals surface area contributed by atoms with Crippen LogP contribution in [0.1, 0.15) is 233 Å². The first-order valence-corrected chi connectivity index (χ1v) is 32.1. The fraction of sp³-hybridized carbons (Fsp3) is 0.429. The summed E-state index contributed by atoms with van der Waals surface area (Å²) >= 11 is 5.76. The minimum Gasteiger partial charge on any atom is -0.508 e. The quantitative estimate of drug-likeness (QED) is 0.149. The van der Waals surface area contributed by atoms with E-state index in [-0.39, 0.29) is 66.6 Å². The molecule has 0 radical (unpaired) electrons. The Kier molecular flexibility index (Phi) is 31.6. The van der Waals surface area contributed by atoms with Crippen molar-refractivity contribution in [3.05, 3.63) is 271 Å². The Hall–Kier alpha value is -6.63. The van der Waals surface area contributed by atoms with E-state index in [1.807, 2.05) is 89.2 Å². The summed E-state index contributed by atoms with van der Waals surface area (Å²) in [4.78, 5) is 0. The van der Waals surface area contributed by atoms with E-state index in [2.05, 4.69) is 226 Å². The number of rotatable bonds is 0. The maximum atomic E-state index is 13.1. The number of phenolic OH excluding ortho intramolecular Hbond substituents is 2. The van der Waals surface area contributed by atoms with Crippen LogP contribution in [0.4, 0.5) is 17.6 Å². The molecule has 0 spiro atoms. The van der Waals surface area contributed by atoms with Crippen molar-refractivity contribution in [2.75, 3.05) is 0 Å². The van der Waals surface area contributed by atoms with Crippen molar-refractivity contribution in [2.45, 2.75) is 237 Å². The van der Waals surface area contributed by atoms with Gasteiger partial charge in [-0.2, -0.15) is 0 Å². The number of aromatic hydroxyl groups is 2. The number of halogens is 5. The van der Waals surface area contributed by atoms with Crippen molar-refractivity contribution in [3.63, 3.8) is 0 Å². The Morgan fingerprint density at radius 3 is 0.956 bits per heavy atom. The number of benzene rings is 8. The average Bonchev–Trinajstić information content (AvgIpc) is 1.20. The Morgan fingerprint density at radius 2 is 0.604 bits per heavy atom. The van der Waals surface area contributed by atoms with E-state index in [4.69, 9.17) is 11.6 Å². The second-order valence-corrected chi connectivity index (χ2v) is 32.3. The van der Waals surface area contributed by atoms with Crippen molar-refractivity contribution in [1.29, 1.82) is 0 Å². The van der Waals surface area contributed by atoms with E-state index in [0.717, 1.165) is 39.4 Å². The molecule has 0 amide bonds. The number of phenols is 2. The summed E-state index contributed by atoms with van der Waals surface area (Å²) in [6, 6.07) is 54.1. The lowest BCUT2D eigenvalue weighted by atomic mass is 9.86. The summed E-state index contributed by atoms with van der Waals surface area (Å²) in [5, 5.41) is 19.9. The van der Waals surface area contributed by atoms with Gasteiger partial charge in [0.25, 0.3) is 0 Å². The standard InChI is InChI=1S/2C11H16O.2C11H16.C10H13Cl.C10H12F2.2C10H13F/c1-8-5-6-9(7-10(8)12)11(2,3)4;1-8-5-6-9(10(12)7-8)11(2,3)4;1-9-5-7-10(8-6-9)11(2,3)4;1-9-6-5-7-10(8-9)11(2,3)4;1-10(2,3)8-4-6-9(11)7-5-8;1-10(2,3)8-6-7(11)4-5-9(8)12;1-10(2,3)8-4-6-9(11)7-5-8;1-10(2,3)8-5-4-6-9(11)7-8/h2*5-7,12H,1-4H3;2*5-8H,1-4H3;4-7H,1-3H3;4-6H,1-3H3;2*4-7H,1-3H3. The first kappa shape index (κ1) is 82.4. The van der Waals surface area contributed by atoms with Crippen LogP contribution in [-0.2, 0) is 43.3 Å². The van der Waals surface area contributed by atoms with Crippen molar-refractivity contribution < 1.29 is 27.8 Å². The molecule has 7 heteroatoms.